The Morgan fingerprint density at radius 1 is 0.872 bits per heavy atom. The van der Waals surface area contributed by atoms with Crippen molar-refractivity contribution in [1.82, 2.24) is 10.6 Å². The molecule has 4 fully saturated rings. The SMILES string of the molecule is CC(=O)[C@H]1CC[C@H]2[C@@H]3CC[C@H]4C[C@](C)(OC(=O)CNC(=O)CNC(=O)[C@@H](N)C(C)C)CC[C@]4(C)[C@H]3CC[C@]12C. The number of ketones is 1. The first-order valence-electron chi connectivity index (χ1n) is 15.2. The Bertz CT molecular complexity index is 983. The highest BCUT2D eigenvalue weighted by Crippen LogP contribution is 2.68. The van der Waals surface area contributed by atoms with Crippen LogP contribution in [0.2, 0.25) is 0 Å². The van der Waals surface area contributed by atoms with Crippen molar-refractivity contribution >= 4 is 23.6 Å². The fraction of sp³-hybridized carbons (Fsp3) is 0.871. The lowest BCUT2D eigenvalue weighted by Crippen LogP contribution is -2.56. The Kier molecular flexibility index (Phi) is 8.57. The maximum Gasteiger partial charge on any atom is 0.325 e. The van der Waals surface area contributed by atoms with Crippen molar-refractivity contribution in [3.63, 3.8) is 0 Å². The third kappa shape index (κ3) is 5.77. The minimum absolute atomic E-state index is 0.0312. The number of fused-ring (bicyclic) bond motifs is 5. The lowest BCUT2D eigenvalue weighted by atomic mass is 9.44. The number of rotatable bonds is 8. The van der Waals surface area contributed by atoms with Crippen LogP contribution in [0.25, 0.3) is 0 Å². The number of amides is 2. The molecular formula is C31H51N3O5. The summed E-state index contributed by atoms with van der Waals surface area (Å²) in [4.78, 5) is 49.2. The standard InChI is InChI=1S/C31H51N3O5/c1-18(2)27(32)28(38)34-16-25(36)33-17-26(37)39-29(4)13-14-30(5)20(15-29)7-8-21-23-10-9-22(19(3)35)31(23,6)12-11-24(21)30/h18,20-24,27H,7-17,32H2,1-6H3,(H,33,36)(H,34,38)/t20-,21-,22+,23-,24-,27-,29+,30-,31+/m0/s1. The van der Waals surface area contributed by atoms with Crippen LogP contribution < -0.4 is 16.4 Å². The summed E-state index contributed by atoms with van der Waals surface area (Å²) in [6.07, 6.45) is 9.68. The maximum atomic E-state index is 12.7. The second-order valence-corrected chi connectivity index (χ2v) is 14.3. The van der Waals surface area contributed by atoms with Crippen LogP contribution in [0.15, 0.2) is 0 Å². The molecule has 4 saturated carbocycles. The summed E-state index contributed by atoms with van der Waals surface area (Å²) in [6, 6.07) is -0.677. The first-order valence-corrected chi connectivity index (χ1v) is 15.2. The molecule has 0 aromatic rings. The largest absolute Gasteiger partial charge is 0.458 e. The zero-order valence-electron chi connectivity index (χ0n) is 24.9. The van der Waals surface area contributed by atoms with Gasteiger partial charge in [0.2, 0.25) is 11.8 Å². The molecule has 0 saturated heterocycles. The maximum absolute atomic E-state index is 12.7. The lowest BCUT2D eigenvalue weighted by Gasteiger charge is -2.62. The Hall–Kier alpha value is -1.96. The van der Waals surface area contributed by atoms with Crippen molar-refractivity contribution in [3.05, 3.63) is 0 Å². The van der Waals surface area contributed by atoms with Crippen LogP contribution in [0.3, 0.4) is 0 Å². The predicted octanol–water partition coefficient (Wildman–Crippen LogP) is 3.75. The second kappa shape index (κ2) is 11.1. The number of Topliss-reactive ketones (excluding diaryl/α,β-unsaturated/α-hetero) is 1. The molecule has 0 aromatic heterocycles. The number of carbonyl (C=O) groups is 4. The van der Waals surface area contributed by atoms with Crippen molar-refractivity contribution < 1.29 is 23.9 Å². The number of esters is 1. The van der Waals surface area contributed by atoms with E-state index < -0.39 is 23.5 Å². The summed E-state index contributed by atoms with van der Waals surface area (Å²) in [5.74, 6) is 1.86. The van der Waals surface area contributed by atoms with E-state index in [0.717, 1.165) is 38.5 Å². The van der Waals surface area contributed by atoms with Gasteiger partial charge in [-0.3, -0.25) is 19.2 Å². The Morgan fingerprint density at radius 2 is 1.56 bits per heavy atom. The van der Waals surface area contributed by atoms with E-state index in [1.54, 1.807) is 6.92 Å². The summed E-state index contributed by atoms with van der Waals surface area (Å²) in [5.41, 5.74) is 5.67. The van der Waals surface area contributed by atoms with Crippen LogP contribution in [-0.2, 0) is 23.9 Å². The van der Waals surface area contributed by atoms with E-state index in [2.05, 4.69) is 24.5 Å². The highest BCUT2D eigenvalue weighted by atomic mass is 16.6. The van der Waals surface area contributed by atoms with E-state index in [0.29, 0.717) is 29.5 Å². The number of hydrogen-bond acceptors (Lipinski definition) is 6. The molecule has 0 spiro atoms. The molecule has 0 radical (unpaired) electrons. The van der Waals surface area contributed by atoms with Crippen LogP contribution in [0.4, 0.5) is 0 Å². The fourth-order valence-electron chi connectivity index (χ4n) is 9.31. The Balaban J connectivity index is 1.29. The minimum atomic E-state index is -0.677. The number of carbonyl (C=O) groups excluding carboxylic acids is 4. The zero-order valence-corrected chi connectivity index (χ0v) is 24.9. The molecule has 8 heteroatoms. The third-order valence-electron chi connectivity index (χ3n) is 11.7. The smallest absolute Gasteiger partial charge is 0.325 e. The Labute approximate surface area is 234 Å². The van der Waals surface area contributed by atoms with E-state index >= 15 is 0 Å². The van der Waals surface area contributed by atoms with Crippen LogP contribution in [0, 0.1) is 46.3 Å². The van der Waals surface area contributed by atoms with Gasteiger partial charge in [0.25, 0.3) is 0 Å². The Morgan fingerprint density at radius 3 is 2.23 bits per heavy atom. The van der Waals surface area contributed by atoms with Gasteiger partial charge in [0.1, 0.15) is 17.9 Å². The monoisotopic (exact) mass is 545 g/mol. The summed E-state index contributed by atoms with van der Waals surface area (Å²) in [7, 11) is 0. The average molecular weight is 546 g/mol. The summed E-state index contributed by atoms with van der Waals surface area (Å²) in [5, 5.41) is 5.07. The van der Waals surface area contributed by atoms with Gasteiger partial charge >= 0.3 is 5.97 Å². The summed E-state index contributed by atoms with van der Waals surface area (Å²) >= 11 is 0. The highest BCUT2D eigenvalue weighted by Gasteiger charge is 2.61. The molecule has 0 heterocycles. The second-order valence-electron chi connectivity index (χ2n) is 14.3. The summed E-state index contributed by atoms with van der Waals surface area (Å²) in [6.45, 7) is 11.9. The van der Waals surface area contributed by atoms with Crippen LogP contribution >= 0.6 is 0 Å². The van der Waals surface area contributed by atoms with Crippen molar-refractivity contribution in [2.45, 2.75) is 111 Å². The minimum Gasteiger partial charge on any atom is -0.458 e. The van der Waals surface area contributed by atoms with Crippen molar-refractivity contribution in [3.8, 4) is 0 Å². The number of hydrogen-bond donors (Lipinski definition) is 3. The molecule has 2 amide bonds. The molecule has 9 atom stereocenters. The van der Waals surface area contributed by atoms with Crippen molar-refractivity contribution in [2.24, 2.45) is 52.1 Å². The van der Waals surface area contributed by atoms with Gasteiger partial charge in [-0.15, -0.1) is 0 Å². The lowest BCUT2D eigenvalue weighted by molar-refractivity contribution is -0.180. The van der Waals surface area contributed by atoms with Gasteiger partial charge in [-0.05, 0) is 112 Å². The van der Waals surface area contributed by atoms with Crippen LogP contribution in [0.1, 0.15) is 99.3 Å². The molecular weight excluding hydrogens is 494 g/mol. The molecule has 39 heavy (non-hydrogen) atoms. The van der Waals surface area contributed by atoms with Gasteiger partial charge in [0.15, 0.2) is 0 Å². The van der Waals surface area contributed by atoms with Crippen LogP contribution in [0.5, 0.6) is 0 Å². The number of nitrogens with two attached hydrogens (primary N) is 1. The molecule has 0 aromatic carbocycles. The first-order chi connectivity index (χ1) is 18.2. The molecule has 4 aliphatic carbocycles. The van der Waals surface area contributed by atoms with Gasteiger partial charge in [0, 0.05) is 5.92 Å². The van der Waals surface area contributed by atoms with Gasteiger partial charge in [0.05, 0.1) is 12.6 Å². The van der Waals surface area contributed by atoms with E-state index in [-0.39, 0.29) is 41.7 Å². The number of ether oxygens (including phenoxy) is 1. The van der Waals surface area contributed by atoms with E-state index in [1.165, 1.54) is 19.3 Å². The molecule has 0 bridgehead atoms. The van der Waals surface area contributed by atoms with Crippen molar-refractivity contribution in [2.75, 3.05) is 13.1 Å². The normalized spacial score (nSPS) is 40.1. The molecule has 4 aliphatic rings. The highest BCUT2D eigenvalue weighted by molar-refractivity contribution is 5.88. The third-order valence-corrected chi connectivity index (χ3v) is 11.7. The first kappa shape index (κ1) is 30.0. The van der Waals surface area contributed by atoms with Crippen LogP contribution in [-0.4, -0.2) is 48.3 Å². The molecule has 4 rings (SSSR count). The van der Waals surface area contributed by atoms with Gasteiger partial charge in [-0.1, -0.05) is 27.7 Å². The van der Waals surface area contributed by atoms with Gasteiger partial charge < -0.3 is 21.1 Å². The summed E-state index contributed by atoms with van der Waals surface area (Å²) < 4.78 is 5.98. The van der Waals surface area contributed by atoms with Gasteiger partial charge in [-0.2, -0.15) is 0 Å². The van der Waals surface area contributed by atoms with Gasteiger partial charge in [-0.25, -0.2) is 0 Å². The average Bonchev–Trinajstić information content (AvgIpc) is 3.23. The molecule has 0 unspecified atom stereocenters. The number of nitrogens with one attached hydrogen (secondary N) is 2. The van der Waals surface area contributed by atoms with E-state index in [9.17, 15) is 19.2 Å². The molecule has 8 nitrogen and oxygen atoms in total. The quantitative estimate of drug-likeness (QED) is 0.399. The molecule has 0 aliphatic heterocycles. The van der Waals surface area contributed by atoms with E-state index in [1.807, 2.05) is 20.8 Å². The molecule has 4 N–H and O–H groups in total. The zero-order chi connectivity index (χ0) is 28.8. The molecule has 220 valence electrons. The van der Waals surface area contributed by atoms with E-state index in [4.69, 9.17) is 10.5 Å². The van der Waals surface area contributed by atoms with Crippen molar-refractivity contribution in [1.29, 1.82) is 0 Å². The topological polar surface area (TPSA) is 128 Å². The fourth-order valence-corrected chi connectivity index (χ4v) is 9.31. The predicted molar refractivity (Wildman–Crippen MR) is 149 cm³/mol.